The predicted octanol–water partition coefficient (Wildman–Crippen LogP) is 11.4. The molecule has 0 saturated carbocycles. The fourth-order valence-electron chi connectivity index (χ4n) is 6.19. The summed E-state index contributed by atoms with van der Waals surface area (Å²) in [5.41, 5.74) is 5.09. The second-order valence-corrected chi connectivity index (χ2v) is 12.0. The molecule has 0 atom stereocenters. The average molecular weight is 593 g/mol. The maximum atomic E-state index is 5.43. The van der Waals surface area contributed by atoms with Crippen LogP contribution in [-0.4, -0.2) is 12.1 Å². The van der Waals surface area contributed by atoms with Gasteiger partial charge < -0.3 is 0 Å². The standard InChI is InChI=1S/C42H28N2S/c1-3-15-29(16-4-1)31-25-14-28-43-42(44-41(31)30-17-5-2-6-18-30)37-24-13-23-35-33-20-8-7-19-32(33)34-21-9-11-26-38(34)45-39-27-12-10-22-36(39)40(35)37/h1-28H/b25-14?,28-14?,31-25?,41-31+,43-28?,43-42?,44-41?,44-42?. The molecule has 212 valence electrons. The summed E-state index contributed by atoms with van der Waals surface area (Å²) in [4.78, 5) is 10.4. The molecule has 0 unspecified atom stereocenters. The third-order valence-corrected chi connectivity index (χ3v) is 9.38. The molecule has 6 aromatic carbocycles. The van der Waals surface area contributed by atoms with E-state index in [1.807, 2.05) is 35.8 Å². The van der Waals surface area contributed by atoms with Gasteiger partial charge in [0.1, 0.15) is 0 Å². The lowest BCUT2D eigenvalue weighted by atomic mass is 9.96. The van der Waals surface area contributed by atoms with Crippen LogP contribution in [0.2, 0.25) is 0 Å². The van der Waals surface area contributed by atoms with Crippen molar-refractivity contribution >= 4 is 76.4 Å². The van der Waals surface area contributed by atoms with Crippen molar-refractivity contribution in [2.45, 2.75) is 0 Å². The van der Waals surface area contributed by atoms with Crippen LogP contribution in [0.5, 0.6) is 0 Å². The van der Waals surface area contributed by atoms with E-state index in [4.69, 9.17) is 9.98 Å². The van der Waals surface area contributed by atoms with Crippen molar-refractivity contribution in [2.75, 3.05) is 0 Å². The van der Waals surface area contributed by atoms with Crippen LogP contribution >= 0.6 is 11.3 Å². The van der Waals surface area contributed by atoms with Crippen molar-refractivity contribution < 1.29 is 0 Å². The van der Waals surface area contributed by atoms with Gasteiger partial charge in [-0.2, -0.15) is 0 Å². The van der Waals surface area contributed by atoms with E-state index in [2.05, 4.69) is 146 Å². The van der Waals surface area contributed by atoms with Crippen molar-refractivity contribution in [1.29, 1.82) is 0 Å². The molecule has 0 amide bonds. The molecule has 0 bridgehead atoms. The first kappa shape index (κ1) is 26.9. The zero-order chi connectivity index (χ0) is 30.0. The molecule has 7 aromatic rings. The molecular formula is C42H28N2S. The number of allylic oxidation sites excluding steroid dienone is 3. The van der Waals surface area contributed by atoms with E-state index in [-0.39, 0.29) is 0 Å². The van der Waals surface area contributed by atoms with Crippen LogP contribution in [0.25, 0.3) is 53.0 Å². The predicted molar refractivity (Wildman–Crippen MR) is 196 cm³/mol. The SMILES string of the molecule is C1=C/C(c2ccccc2)=C(/c2ccccc2)N=C(c2cccc3c4ccccc4c4ccccc4sc4ccccc4c23)N=C1. The summed E-state index contributed by atoms with van der Waals surface area (Å²) in [6.45, 7) is 0. The number of hydrogen-bond acceptors (Lipinski definition) is 3. The zero-order valence-corrected chi connectivity index (χ0v) is 25.3. The third kappa shape index (κ3) is 5.04. The first-order valence-corrected chi connectivity index (χ1v) is 15.9. The third-order valence-electron chi connectivity index (χ3n) is 8.23. The number of nitrogens with zero attached hydrogens (tertiary/aromatic N) is 2. The molecule has 2 nitrogen and oxygen atoms in total. The summed E-state index contributed by atoms with van der Waals surface area (Å²) in [5.74, 6) is 0.678. The fourth-order valence-corrected chi connectivity index (χ4v) is 7.29. The Morgan fingerprint density at radius 2 is 1.00 bits per heavy atom. The van der Waals surface area contributed by atoms with Gasteiger partial charge >= 0.3 is 0 Å². The van der Waals surface area contributed by atoms with Crippen LogP contribution in [-0.2, 0) is 0 Å². The molecule has 8 rings (SSSR count). The van der Waals surface area contributed by atoms with Crippen molar-refractivity contribution in [1.82, 2.24) is 0 Å². The summed E-state index contributed by atoms with van der Waals surface area (Å²) < 4.78 is 2.44. The Kier molecular flexibility index (Phi) is 7.07. The van der Waals surface area contributed by atoms with Crippen LogP contribution < -0.4 is 0 Å². The summed E-state index contributed by atoms with van der Waals surface area (Å²) >= 11 is 1.82. The number of fused-ring (bicyclic) bond motifs is 7. The number of aliphatic imine (C=N–C) groups is 2. The van der Waals surface area contributed by atoms with E-state index in [0.29, 0.717) is 5.84 Å². The largest absolute Gasteiger partial charge is 0.237 e. The summed E-state index contributed by atoms with van der Waals surface area (Å²) in [5, 5.41) is 7.11. The Morgan fingerprint density at radius 1 is 0.444 bits per heavy atom. The Hall–Kier alpha value is -5.64. The summed E-state index contributed by atoms with van der Waals surface area (Å²) in [7, 11) is 0. The molecule has 2 heterocycles. The van der Waals surface area contributed by atoms with E-state index in [0.717, 1.165) is 38.7 Å². The van der Waals surface area contributed by atoms with Crippen LogP contribution in [0.4, 0.5) is 0 Å². The van der Waals surface area contributed by atoms with E-state index in [1.54, 1.807) is 0 Å². The second kappa shape index (κ2) is 11.8. The minimum Gasteiger partial charge on any atom is -0.237 e. The van der Waals surface area contributed by atoms with Gasteiger partial charge in [-0.3, -0.25) is 0 Å². The first-order valence-electron chi connectivity index (χ1n) is 15.1. The first-order chi connectivity index (χ1) is 22.3. The lowest BCUT2D eigenvalue weighted by Crippen LogP contribution is -2.03. The van der Waals surface area contributed by atoms with Gasteiger partial charge in [0.05, 0.1) is 5.70 Å². The molecule has 0 radical (unpaired) electrons. The molecule has 0 N–H and O–H groups in total. The van der Waals surface area contributed by atoms with Crippen LogP contribution in [0.3, 0.4) is 0 Å². The van der Waals surface area contributed by atoms with Gasteiger partial charge in [-0.1, -0.05) is 146 Å². The normalized spacial score (nSPS) is 14.8. The Balaban J connectivity index is 1.55. The highest BCUT2D eigenvalue weighted by atomic mass is 32.1. The minimum absolute atomic E-state index is 0.678. The van der Waals surface area contributed by atoms with Crippen molar-refractivity contribution in [3.8, 4) is 0 Å². The molecule has 0 spiro atoms. The van der Waals surface area contributed by atoms with Crippen molar-refractivity contribution in [3.63, 3.8) is 0 Å². The molecule has 45 heavy (non-hydrogen) atoms. The monoisotopic (exact) mass is 592 g/mol. The Bertz CT molecular complexity index is 2410. The Labute approximate surface area is 266 Å². The second-order valence-electron chi connectivity index (χ2n) is 10.9. The van der Waals surface area contributed by atoms with Crippen LogP contribution in [0.1, 0.15) is 16.7 Å². The van der Waals surface area contributed by atoms with Gasteiger partial charge in [0.25, 0.3) is 0 Å². The maximum Gasteiger partial charge on any atom is 0.160 e. The highest BCUT2D eigenvalue weighted by molar-refractivity contribution is 7.24. The number of amidine groups is 1. The van der Waals surface area contributed by atoms with Crippen molar-refractivity contribution in [2.24, 2.45) is 9.98 Å². The van der Waals surface area contributed by atoms with E-state index < -0.39 is 0 Å². The topological polar surface area (TPSA) is 24.7 Å². The number of benzene rings is 6. The zero-order valence-electron chi connectivity index (χ0n) is 24.5. The maximum absolute atomic E-state index is 5.43. The molecular weight excluding hydrogens is 565 g/mol. The van der Waals surface area contributed by atoms with Crippen molar-refractivity contribution in [3.05, 3.63) is 181 Å². The molecule has 1 aliphatic heterocycles. The highest BCUT2D eigenvalue weighted by Gasteiger charge is 2.16. The van der Waals surface area contributed by atoms with Gasteiger partial charge in [0, 0.05) is 43.1 Å². The van der Waals surface area contributed by atoms with Gasteiger partial charge in [0.15, 0.2) is 5.84 Å². The fraction of sp³-hybridized carbons (Fsp3) is 0. The average Bonchev–Trinajstić information content (AvgIpc) is 3.14. The van der Waals surface area contributed by atoms with E-state index in [9.17, 15) is 0 Å². The van der Waals surface area contributed by atoms with E-state index >= 15 is 0 Å². The lowest BCUT2D eigenvalue weighted by molar-refractivity contribution is 1.45. The van der Waals surface area contributed by atoms with Gasteiger partial charge in [-0.05, 0) is 45.3 Å². The Morgan fingerprint density at radius 3 is 1.73 bits per heavy atom. The quantitative estimate of drug-likeness (QED) is 0.195. The highest BCUT2D eigenvalue weighted by Crippen LogP contribution is 2.37. The minimum atomic E-state index is 0.678. The van der Waals surface area contributed by atoms with Gasteiger partial charge in [-0.25, -0.2) is 9.98 Å². The molecule has 1 aromatic heterocycles. The smallest absolute Gasteiger partial charge is 0.160 e. The number of hydrogen-bond donors (Lipinski definition) is 0. The van der Waals surface area contributed by atoms with Gasteiger partial charge in [0.2, 0.25) is 0 Å². The molecule has 0 fully saturated rings. The lowest BCUT2D eigenvalue weighted by Gasteiger charge is -2.14. The molecule has 1 aliphatic rings. The number of rotatable bonds is 3. The molecule has 0 aliphatic carbocycles. The molecule has 0 saturated heterocycles. The summed E-state index contributed by atoms with van der Waals surface area (Å²) in [6, 6.07) is 53.6. The summed E-state index contributed by atoms with van der Waals surface area (Å²) in [6.07, 6.45) is 6.00. The van der Waals surface area contributed by atoms with Crippen LogP contribution in [0.15, 0.2) is 174 Å². The van der Waals surface area contributed by atoms with E-state index in [1.165, 1.54) is 30.9 Å². The molecule has 3 heteroatoms. The van der Waals surface area contributed by atoms with Gasteiger partial charge in [-0.15, -0.1) is 11.3 Å². The van der Waals surface area contributed by atoms with Crippen LogP contribution in [0, 0.1) is 0 Å².